The number of halogens is 3. The number of ether oxygens (including phenoxy) is 1. The average molecular weight is 494 g/mol. The van der Waals surface area contributed by atoms with E-state index < -0.39 is 22.4 Å². The van der Waals surface area contributed by atoms with E-state index in [1.165, 1.54) is 6.07 Å². The first-order valence-corrected chi connectivity index (χ1v) is 11.9. The normalized spacial score (nSPS) is 21.5. The summed E-state index contributed by atoms with van der Waals surface area (Å²) in [4.78, 5) is 19.1. The summed E-state index contributed by atoms with van der Waals surface area (Å²) in [6.45, 7) is 7.23. The van der Waals surface area contributed by atoms with Gasteiger partial charge in [0.25, 0.3) is 5.69 Å². The van der Waals surface area contributed by atoms with Crippen LogP contribution in [0.25, 0.3) is 0 Å². The quantitative estimate of drug-likeness (QED) is 0.432. The van der Waals surface area contributed by atoms with Crippen molar-refractivity contribution in [3.63, 3.8) is 0 Å². The van der Waals surface area contributed by atoms with Crippen LogP contribution in [0.5, 0.6) is 5.88 Å². The zero-order chi connectivity index (χ0) is 25.0. The molecule has 1 aromatic carbocycles. The molecule has 2 aliphatic rings. The Bertz CT molecular complexity index is 1020. The van der Waals surface area contributed by atoms with Gasteiger partial charge in [-0.2, -0.15) is 13.2 Å². The Kier molecular flexibility index (Phi) is 7.63. The number of aromatic nitrogens is 1. The molecule has 190 valence electrons. The molecule has 0 radical (unpaired) electrons. The smallest absolute Gasteiger partial charge is 0.423 e. The van der Waals surface area contributed by atoms with Gasteiger partial charge in [0.05, 0.1) is 4.92 Å². The molecule has 1 aliphatic carbocycles. The fraction of sp³-hybridized carbons (Fsp3) is 0.542. The number of nitro groups is 1. The molecule has 0 atom stereocenters. The van der Waals surface area contributed by atoms with E-state index in [-0.39, 0.29) is 17.8 Å². The van der Waals surface area contributed by atoms with Gasteiger partial charge in [-0.1, -0.05) is 6.92 Å². The predicted molar refractivity (Wildman–Crippen MR) is 127 cm³/mol. The van der Waals surface area contributed by atoms with Crippen LogP contribution >= 0.6 is 0 Å². The van der Waals surface area contributed by atoms with Crippen molar-refractivity contribution < 1.29 is 22.8 Å². The van der Waals surface area contributed by atoms with Gasteiger partial charge in [0.1, 0.15) is 11.7 Å². The number of hydrogen-bond donors (Lipinski definition) is 1. The van der Waals surface area contributed by atoms with E-state index in [0.717, 1.165) is 63.4 Å². The Morgan fingerprint density at radius 1 is 1.11 bits per heavy atom. The molecule has 1 aliphatic heterocycles. The molecular formula is C24H30F3N5O3. The topological polar surface area (TPSA) is 83.8 Å². The number of nitrogens with one attached hydrogen (secondary N) is 1. The third-order valence-electron chi connectivity index (χ3n) is 6.73. The Morgan fingerprint density at radius 2 is 1.83 bits per heavy atom. The number of alkyl halides is 3. The van der Waals surface area contributed by atoms with E-state index in [4.69, 9.17) is 4.74 Å². The lowest BCUT2D eigenvalue weighted by Gasteiger charge is -2.35. The van der Waals surface area contributed by atoms with Gasteiger partial charge in [-0.05, 0) is 50.4 Å². The molecule has 0 unspecified atom stereocenters. The molecule has 1 aromatic heterocycles. The lowest BCUT2D eigenvalue weighted by molar-refractivity contribution is -0.388. The van der Waals surface area contributed by atoms with Crippen molar-refractivity contribution in [2.24, 2.45) is 0 Å². The van der Waals surface area contributed by atoms with E-state index in [9.17, 15) is 23.3 Å². The monoisotopic (exact) mass is 493 g/mol. The Morgan fingerprint density at radius 3 is 2.46 bits per heavy atom. The fourth-order valence-corrected chi connectivity index (χ4v) is 4.73. The first-order valence-electron chi connectivity index (χ1n) is 11.9. The number of anilines is 2. The third kappa shape index (κ3) is 6.33. The number of hydrogen-bond acceptors (Lipinski definition) is 7. The number of rotatable bonds is 7. The van der Waals surface area contributed by atoms with Crippen molar-refractivity contribution in [1.82, 2.24) is 9.88 Å². The number of nitro benzene ring substituents is 1. The maximum Gasteiger partial charge on any atom is 0.423 e. The fourth-order valence-electron chi connectivity index (χ4n) is 4.73. The van der Waals surface area contributed by atoms with Gasteiger partial charge in [-0.15, -0.1) is 0 Å². The highest BCUT2D eigenvalue weighted by molar-refractivity contribution is 5.55. The van der Waals surface area contributed by atoms with Crippen molar-refractivity contribution in [1.29, 1.82) is 0 Å². The number of pyridine rings is 1. The summed E-state index contributed by atoms with van der Waals surface area (Å²) in [5.41, 5.74) is -0.863. The summed E-state index contributed by atoms with van der Waals surface area (Å²) in [6.07, 6.45) is -0.164. The standard InChI is InChI=1S/C24H30F3N5O3/c1-2-30-11-13-31(14-12-30)19-9-10-28-23(16-19)35-20-6-3-17(4-7-20)29-18-5-8-22(32(33)34)21(15-18)24(25,26)27/h5,8-10,15-17,20,29H,2-4,6-7,11-14H2,1H3. The van der Waals surface area contributed by atoms with Crippen LogP contribution in [0.3, 0.4) is 0 Å². The summed E-state index contributed by atoms with van der Waals surface area (Å²) in [5, 5.41) is 14.1. The van der Waals surface area contributed by atoms with Crippen molar-refractivity contribution >= 4 is 17.1 Å². The lowest BCUT2D eigenvalue weighted by atomic mass is 9.92. The zero-order valence-electron chi connectivity index (χ0n) is 19.6. The molecule has 2 heterocycles. The SMILES string of the molecule is CCN1CCN(c2ccnc(OC3CCC(Nc4ccc([N+](=O)[O-])c(C(F)(F)F)c4)CC3)c2)CC1. The Labute approximate surface area is 202 Å². The molecular weight excluding hydrogens is 463 g/mol. The molecule has 1 saturated heterocycles. The summed E-state index contributed by atoms with van der Waals surface area (Å²) >= 11 is 0. The van der Waals surface area contributed by atoms with Gasteiger partial charge in [0.2, 0.25) is 5.88 Å². The molecule has 8 nitrogen and oxygen atoms in total. The first-order chi connectivity index (χ1) is 16.7. The minimum Gasteiger partial charge on any atom is -0.474 e. The van der Waals surface area contributed by atoms with Crippen molar-refractivity contribution in [2.45, 2.75) is 50.9 Å². The van der Waals surface area contributed by atoms with Gasteiger partial charge in [0, 0.05) is 61.9 Å². The highest BCUT2D eigenvalue weighted by Gasteiger charge is 2.38. The molecule has 2 aromatic rings. The van der Waals surface area contributed by atoms with Gasteiger partial charge < -0.3 is 19.9 Å². The van der Waals surface area contributed by atoms with Crippen LogP contribution in [0.1, 0.15) is 38.2 Å². The van der Waals surface area contributed by atoms with Crippen LogP contribution in [0, 0.1) is 10.1 Å². The van der Waals surface area contributed by atoms with E-state index in [1.54, 1.807) is 6.20 Å². The van der Waals surface area contributed by atoms with Crippen LogP contribution < -0.4 is 15.0 Å². The summed E-state index contributed by atoms with van der Waals surface area (Å²) in [5.74, 6) is 0.585. The number of benzene rings is 1. The summed E-state index contributed by atoms with van der Waals surface area (Å²) in [7, 11) is 0. The van der Waals surface area contributed by atoms with E-state index in [2.05, 4.69) is 27.0 Å². The molecule has 1 saturated carbocycles. The van der Waals surface area contributed by atoms with Crippen molar-refractivity contribution in [2.75, 3.05) is 42.9 Å². The molecule has 0 spiro atoms. The lowest BCUT2D eigenvalue weighted by Crippen LogP contribution is -2.46. The second kappa shape index (κ2) is 10.7. The number of nitrogens with zero attached hydrogens (tertiary/aromatic N) is 4. The van der Waals surface area contributed by atoms with Gasteiger partial charge in [0.15, 0.2) is 0 Å². The highest BCUT2D eigenvalue weighted by Crippen LogP contribution is 2.38. The van der Waals surface area contributed by atoms with E-state index >= 15 is 0 Å². The highest BCUT2D eigenvalue weighted by atomic mass is 19.4. The Balaban J connectivity index is 1.31. The first kappa shape index (κ1) is 25.0. The number of piperazine rings is 1. The zero-order valence-corrected chi connectivity index (χ0v) is 19.6. The van der Waals surface area contributed by atoms with Gasteiger partial charge in [-0.3, -0.25) is 10.1 Å². The van der Waals surface area contributed by atoms with Crippen LogP contribution in [0.4, 0.5) is 30.2 Å². The van der Waals surface area contributed by atoms with Gasteiger partial charge in [-0.25, -0.2) is 4.98 Å². The van der Waals surface area contributed by atoms with E-state index in [1.807, 2.05) is 12.1 Å². The molecule has 11 heteroatoms. The van der Waals surface area contributed by atoms with Crippen LogP contribution in [0.2, 0.25) is 0 Å². The second-order valence-corrected chi connectivity index (χ2v) is 9.00. The van der Waals surface area contributed by atoms with Gasteiger partial charge >= 0.3 is 6.18 Å². The average Bonchev–Trinajstić information content (AvgIpc) is 2.85. The summed E-state index contributed by atoms with van der Waals surface area (Å²) in [6, 6.07) is 6.98. The maximum absolute atomic E-state index is 13.2. The van der Waals surface area contributed by atoms with Crippen LogP contribution in [-0.4, -0.2) is 59.7 Å². The minimum atomic E-state index is -4.79. The second-order valence-electron chi connectivity index (χ2n) is 9.00. The maximum atomic E-state index is 13.2. The molecule has 35 heavy (non-hydrogen) atoms. The van der Waals surface area contributed by atoms with Crippen LogP contribution in [-0.2, 0) is 6.18 Å². The molecule has 2 fully saturated rings. The van der Waals surface area contributed by atoms with Crippen molar-refractivity contribution in [3.8, 4) is 5.88 Å². The van der Waals surface area contributed by atoms with Crippen molar-refractivity contribution in [3.05, 3.63) is 52.2 Å². The third-order valence-corrected chi connectivity index (χ3v) is 6.73. The molecule has 0 amide bonds. The predicted octanol–water partition coefficient (Wildman–Crippen LogP) is 4.95. The number of likely N-dealkylation sites (N-methyl/N-ethyl adjacent to an activating group) is 1. The molecule has 4 rings (SSSR count). The molecule has 0 bridgehead atoms. The Hall–Kier alpha value is -3.08. The van der Waals surface area contributed by atoms with Crippen LogP contribution in [0.15, 0.2) is 36.5 Å². The van der Waals surface area contributed by atoms with E-state index in [0.29, 0.717) is 18.7 Å². The minimum absolute atomic E-state index is 0.0182. The largest absolute Gasteiger partial charge is 0.474 e. The molecule has 1 N–H and O–H groups in total. The summed E-state index contributed by atoms with van der Waals surface area (Å²) < 4.78 is 45.9.